The Bertz CT molecular complexity index is 2730. The van der Waals surface area contributed by atoms with Crippen LogP contribution >= 0.6 is 0 Å². The Morgan fingerprint density at radius 1 is 0.771 bits per heavy atom. The molecule has 3 aromatic carbocycles. The second-order valence-corrected chi connectivity index (χ2v) is 17.1. The monoisotopic (exact) mass is 955 g/mol. The van der Waals surface area contributed by atoms with Crippen LogP contribution in [0.1, 0.15) is 49.8 Å². The van der Waals surface area contributed by atoms with E-state index in [1.54, 1.807) is 42.7 Å². The summed E-state index contributed by atoms with van der Waals surface area (Å²) in [5.74, 6) is 2.23. The Kier molecular flexibility index (Phi) is 18.1. The fourth-order valence-electron chi connectivity index (χ4n) is 7.81. The van der Waals surface area contributed by atoms with Crippen LogP contribution in [0.5, 0.6) is 0 Å². The van der Waals surface area contributed by atoms with Crippen molar-refractivity contribution in [3.63, 3.8) is 0 Å². The Morgan fingerprint density at radius 3 is 2.04 bits per heavy atom. The van der Waals surface area contributed by atoms with E-state index in [4.69, 9.17) is 11.5 Å². The van der Waals surface area contributed by atoms with Crippen molar-refractivity contribution >= 4 is 63.4 Å². The van der Waals surface area contributed by atoms with Crippen molar-refractivity contribution < 1.29 is 33.6 Å². The molecule has 0 unspecified atom stereocenters. The van der Waals surface area contributed by atoms with Crippen molar-refractivity contribution in [1.82, 2.24) is 57.0 Å². The lowest BCUT2D eigenvalue weighted by Crippen LogP contribution is -2.61. The van der Waals surface area contributed by atoms with Crippen LogP contribution in [0.15, 0.2) is 104 Å². The number of nitrogens with one attached hydrogen (secondary N) is 8. The zero-order chi connectivity index (χ0) is 50.2. The normalized spacial score (nSPS) is 20.3. The molecule has 12 N–H and O–H groups in total. The zero-order valence-electron chi connectivity index (χ0n) is 39.3. The molecule has 0 saturated carbocycles. The Labute approximate surface area is 405 Å². The number of amides is 9. The minimum Gasteiger partial charge on any atom is -0.368 e. The second-order valence-electron chi connectivity index (χ2n) is 17.1. The third-order valence-corrected chi connectivity index (χ3v) is 11.7. The number of hydrogen-bond donors (Lipinski definition) is 10. The molecule has 0 bridgehead atoms. The summed E-state index contributed by atoms with van der Waals surface area (Å²) >= 11 is 0. The zero-order valence-corrected chi connectivity index (χ0v) is 39.3. The minimum absolute atomic E-state index is 0.0126. The van der Waals surface area contributed by atoms with E-state index in [9.17, 15) is 33.6 Å². The van der Waals surface area contributed by atoms with Gasteiger partial charge < -0.3 is 42.7 Å². The van der Waals surface area contributed by atoms with Crippen molar-refractivity contribution in [2.45, 2.75) is 82.7 Å². The molecule has 0 fully saturated rings. The summed E-state index contributed by atoms with van der Waals surface area (Å²) in [6.07, 6.45) is 6.30. The van der Waals surface area contributed by atoms with Gasteiger partial charge in [-0.2, -0.15) is 0 Å². The van der Waals surface area contributed by atoms with Crippen LogP contribution in [0, 0.1) is 11.8 Å². The number of para-hydroxylation sites is 2. The van der Waals surface area contributed by atoms with Crippen LogP contribution in [-0.2, 0) is 43.4 Å². The molecule has 1 aliphatic heterocycles. The lowest BCUT2D eigenvalue weighted by Gasteiger charge is -2.29. The molecular formula is C50H61N13O7. The number of nitrogens with zero attached hydrogens (tertiary/aromatic N) is 3. The van der Waals surface area contributed by atoms with Gasteiger partial charge >= 0.3 is 12.1 Å². The molecule has 0 spiro atoms. The summed E-state index contributed by atoms with van der Waals surface area (Å²) in [6, 6.07) is 16.0. The maximum absolute atomic E-state index is 14.5. The van der Waals surface area contributed by atoms with Gasteiger partial charge in [-0.25, -0.2) is 19.6 Å². The summed E-state index contributed by atoms with van der Waals surface area (Å²) in [5.41, 5.74) is 20.3. The average molecular weight is 956 g/mol. The molecule has 20 nitrogen and oxygen atoms in total. The molecule has 0 aliphatic carbocycles. The number of rotatable bonds is 11. The van der Waals surface area contributed by atoms with Crippen LogP contribution in [0.25, 0.3) is 21.8 Å². The van der Waals surface area contributed by atoms with Crippen LogP contribution in [0.4, 0.5) is 9.59 Å². The number of H-pyrrole nitrogens is 2. The van der Waals surface area contributed by atoms with Crippen LogP contribution < -0.4 is 43.6 Å². The number of nitrogens with two attached hydrogens (primary N) is 2. The smallest absolute Gasteiger partial charge is 0.337 e. The number of fused-ring (bicyclic) bond motifs is 2. The molecule has 0 saturated heterocycles. The molecular weight excluding hydrogens is 895 g/mol. The predicted octanol–water partition coefficient (Wildman–Crippen LogP) is 1.95. The first-order valence-corrected chi connectivity index (χ1v) is 23.1. The third-order valence-electron chi connectivity index (χ3n) is 11.7. The SMILES string of the molecule is C=CCN1CC#CCN(NC(=O)[C@H](C)N)C(=O)N[C@H](Cc2c[nH]c3ccccc23)C(=O)N[C@@H](C)C(=O)NN(Cc2c[nH]c3ccccc23)C(=O)N[C@H](Cc2ccccc2)C(=O)N[C@H](C(N)=O)CCCC1. The molecule has 0 radical (unpaired) electrons. The van der Waals surface area contributed by atoms with Crippen molar-refractivity contribution in [2.24, 2.45) is 11.5 Å². The lowest BCUT2D eigenvalue weighted by atomic mass is 10.0. The highest BCUT2D eigenvalue weighted by Gasteiger charge is 2.32. The molecule has 20 heteroatoms. The number of aromatic amines is 2. The quantitative estimate of drug-likeness (QED) is 0.0684. The van der Waals surface area contributed by atoms with Crippen molar-refractivity contribution in [3.8, 4) is 11.8 Å². The Hall–Kier alpha value is -8.15. The maximum atomic E-state index is 14.5. The van der Waals surface area contributed by atoms with Gasteiger partial charge in [0.05, 0.1) is 19.1 Å². The van der Waals surface area contributed by atoms with E-state index in [0.29, 0.717) is 42.6 Å². The van der Waals surface area contributed by atoms with E-state index in [2.05, 4.69) is 60.5 Å². The molecule has 70 heavy (non-hydrogen) atoms. The fraction of sp³-hybridized carbons (Fsp3) is 0.340. The summed E-state index contributed by atoms with van der Waals surface area (Å²) < 4.78 is 0. The predicted molar refractivity (Wildman–Crippen MR) is 264 cm³/mol. The van der Waals surface area contributed by atoms with Crippen LogP contribution in [-0.4, -0.2) is 123 Å². The number of benzene rings is 3. The Balaban J connectivity index is 1.35. The molecule has 1 aliphatic rings. The number of hydrazine groups is 2. The molecule has 5 aromatic rings. The number of urea groups is 2. The van der Waals surface area contributed by atoms with Gasteiger partial charge in [0.1, 0.15) is 30.7 Å². The number of carbonyl (C=O) groups excluding carboxylic acids is 7. The number of aromatic nitrogens is 2. The summed E-state index contributed by atoms with van der Waals surface area (Å²) in [4.78, 5) is 105. The molecule has 368 valence electrons. The van der Waals surface area contributed by atoms with Gasteiger partial charge in [0.15, 0.2) is 0 Å². The van der Waals surface area contributed by atoms with E-state index in [-0.39, 0.29) is 38.9 Å². The first kappa shape index (κ1) is 51.2. The standard InChI is InChI=1S/C50H61N13O7/c1-4-23-61-24-13-12-22-41(44(52)64)56-48(68)42(27-34-16-6-5-7-17-34)57-50(70)63(31-36-30-54-40-21-11-9-19-38(36)40)60-46(66)33(3)55-47(67)43(28-35-29-53-39-20-10-8-18-37(35)39)58-49(69)62(26-15-14-25-61)59-45(65)32(2)51/h4-11,16-21,29-30,32-33,41-43,53-54H,1,12-13,22-28,31,51H2,2-3H3,(H2,52,64)(H,55,67)(H,56,68)(H,57,70)(H,58,69)(H,59,65)(H,60,66)/t32-,33-,41-,42+,43+/m0/s1. The number of carbonyl (C=O) groups is 7. The first-order valence-electron chi connectivity index (χ1n) is 23.1. The van der Waals surface area contributed by atoms with Crippen molar-refractivity contribution in [1.29, 1.82) is 0 Å². The third kappa shape index (κ3) is 14.2. The van der Waals surface area contributed by atoms with Crippen LogP contribution in [0.2, 0.25) is 0 Å². The van der Waals surface area contributed by atoms with Crippen LogP contribution in [0.3, 0.4) is 0 Å². The summed E-state index contributed by atoms with van der Waals surface area (Å²) in [6.45, 7) is 7.41. The summed E-state index contributed by atoms with van der Waals surface area (Å²) in [5, 5.41) is 14.4. The van der Waals surface area contributed by atoms with E-state index < -0.39 is 71.8 Å². The molecule has 5 atom stereocenters. The van der Waals surface area contributed by atoms with Gasteiger partial charge in [0.2, 0.25) is 17.7 Å². The van der Waals surface area contributed by atoms with E-state index >= 15 is 0 Å². The highest BCUT2D eigenvalue weighted by atomic mass is 16.2. The van der Waals surface area contributed by atoms with Crippen molar-refractivity contribution in [2.75, 3.05) is 26.2 Å². The fourth-order valence-corrected chi connectivity index (χ4v) is 7.81. The van der Waals surface area contributed by atoms with Gasteiger partial charge in [-0.15, -0.1) is 6.58 Å². The molecule has 2 aromatic heterocycles. The second kappa shape index (κ2) is 24.7. The highest BCUT2D eigenvalue weighted by Crippen LogP contribution is 2.21. The van der Waals surface area contributed by atoms with E-state index in [0.717, 1.165) is 31.8 Å². The molecule has 9 amide bonds. The summed E-state index contributed by atoms with van der Waals surface area (Å²) in [7, 11) is 0. The van der Waals surface area contributed by atoms with E-state index in [1.807, 2.05) is 59.5 Å². The van der Waals surface area contributed by atoms with Gasteiger partial charge in [0.25, 0.3) is 11.8 Å². The van der Waals surface area contributed by atoms with Gasteiger partial charge in [-0.1, -0.05) is 84.6 Å². The average Bonchev–Trinajstić information content (AvgIpc) is 3.95. The van der Waals surface area contributed by atoms with Gasteiger partial charge in [-0.3, -0.25) is 39.7 Å². The first-order chi connectivity index (χ1) is 33.7. The molecule has 6 rings (SSSR count). The van der Waals surface area contributed by atoms with Gasteiger partial charge in [-0.05, 0) is 68.5 Å². The molecule has 3 heterocycles. The topological polar surface area (TPSA) is 285 Å². The largest absolute Gasteiger partial charge is 0.368 e. The van der Waals surface area contributed by atoms with Gasteiger partial charge in [0, 0.05) is 53.6 Å². The lowest BCUT2D eigenvalue weighted by molar-refractivity contribution is -0.131. The minimum atomic E-state index is -1.32. The van der Waals surface area contributed by atoms with E-state index in [1.165, 1.54) is 13.8 Å². The number of primary amides is 1. The Morgan fingerprint density at radius 2 is 1.37 bits per heavy atom. The maximum Gasteiger partial charge on any atom is 0.337 e. The highest BCUT2D eigenvalue weighted by molar-refractivity contribution is 5.95. The number of hydrogen-bond acceptors (Lipinski definition) is 9. The van der Waals surface area contributed by atoms with Crippen molar-refractivity contribution in [3.05, 3.63) is 121 Å².